The lowest BCUT2D eigenvalue weighted by molar-refractivity contribution is -0.118. The molecule has 1 amide bonds. The van der Waals surface area contributed by atoms with Crippen LogP contribution in [0.25, 0.3) is 0 Å². The second-order valence-electron chi connectivity index (χ2n) is 4.53. The summed E-state index contributed by atoms with van der Waals surface area (Å²) in [5.41, 5.74) is 0.522. The van der Waals surface area contributed by atoms with Crippen molar-refractivity contribution in [1.29, 1.82) is 0 Å². The molecule has 2 heteroatoms. The number of rotatable bonds is 2. The molecule has 76 valence electrons. The summed E-state index contributed by atoms with van der Waals surface area (Å²) in [6.45, 7) is 3.45. The van der Waals surface area contributed by atoms with Gasteiger partial charge in [-0.3, -0.25) is 4.79 Å². The van der Waals surface area contributed by atoms with E-state index in [0.29, 0.717) is 11.5 Å². The van der Waals surface area contributed by atoms with E-state index in [0.717, 1.165) is 12.8 Å². The number of nitrogens with one attached hydrogen (secondary N) is 1. The Kier molecular flexibility index (Phi) is 2.44. The highest BCUT2D eigenvalue weighted by molar-refractivity contribution is 5.87. The summed E-state index contributed by atoms with van der Waals surface area (Å²) in [5, 5.41) is 2.96. The first-order chi connectivity index (χ1) is 6.74. The van der Waals surface area contributed by atoms with E-state index >= 15 is 0 Å². The molecule has 0 unspecified atom stereocenters. The molecular formula is C12H17NO. The molecule has 2 nitrogen and oxygen atoms in total. The predicted octanol–water partition coefficient (Wildman–Crippen LogP) is 2.18. The molecule has 1 fully saturated rings. The Bertz CT molecular complexity index is 274. The molecule has 2 aliphatic rings. The van der Waals surface area contributed by atoms with Gasteiger partial charge < -0.3 is 5.32 Å². The molecule has 0 aliphatic heterocycles. The topological polar surface area (TPSA) is 29.1 Å². The van der Waals surface area contributed by atoms with Gasteiger partial charge in [0.25, 0.3) is 0 Å². The molecule has 2 aliphatic carbocycles. The zero-order valence-electron chi connectivity index (χ0n) is 8.46. The van der Waals surface area contributed by atoms with E-state index in [-0.39, 0.29) is 5.91 Å². The first kappa shape index (κ1) is 9.50. The largest absolute Gasteiger partial charge is 0.350 e. The van der Waals surface area contributed by atoms with E-state index in [9.17, 15) is 4.79 Å². The van der Waals surface area contributed by atoms with Gasteiger partial charge >= 0.3 is 0 Å². The molecule has 0 aromatic rings. The third kappa shape index (κ3) is 1.74. The van der Waals surface area contributed by atoms with Crippen LogP contribution in [-0.4, -0.2) is 11.9 Å². The van der Waals surface area contributed by atoms with Gasteiger partial charge in [0.2, 0.25) is 5.91 Å². The highest BCUT2D eigenvalue weighted by Gasteiger charge is 2.43. The van der Waals surface area contributed by atoms with Crippen molar-refractivity contribution in [2.45, 2.75) is 38.1 Å². The zero-order chi connectivity index (χ0) is 10.0. The number of allylic oxidation sites excluding steroid dienone is 2. The maximum absolute atomic E-state index is 11.0. The third-order valence-electron chi connectivity index (χ3n) is 3.45. The minimum absolute atomic E-state index is 0.0313. The molecule has 0 aromatic carbocycles. The average molecular weight is 191 g/mol. The first-order valence-corrected chi connectivity index (χ1v) is 5.32. The van der Waals surface area contributed by atoms with Gasteiger partial charge in [-0.1, -0.05) is 18.7 Å². The highest BCUT2D eigenvalue weighted by atomic mass is 16.1. The maximum atomic E-state index is 11.0. The molecule has 0 radical (unpaired) electrons. The highest BCUT2D eigenvalue weighted by Crippen LogP contribution is 2.49. The van der Waals surface area contributed by atoms with Crippen LogP contribution in [0.3, 0.4) is 0 Å². The molecule has 0 atom stereocenters. The van der Waals surface area contributed by atoms with Crippen LogP contribution in [0, 0.1) is 5.41 Å². The Morgan fingerprint density at radius 2 is 2.29 bits per heavy atom. The second-order valence-corrected chi connectivity index (χ2v) is 4.53. The van der Waals surface area contributed by atoms with E-state index in [2.05, 4.69) is 24.0 Å². The molecule has 0 aromatic heterocycles. The van der Waals surface area contributed by atoms with Crippen LogP contribution in [0.15, 0.2) is 24.8 Å². The number of carbonyl (C=O) groups excluding carboxylic acids is 1. The summed E-state index contributed by atoms with van der Waals surface area (Å²) in [5.74, 6) is -0.0313. The van der Waals surface area contributed by atoms with Crippen molar-refractivity contribution >= 4 is 5.91 Å². The van der Waals surface area contributed by atoms with Crippen LogP contribution < -0.4 is 5.32 Å². The van der Waals surface area contributed by atoms with Crippen LogP contribution in [0.1, 0.15) is 32.1 Å². The Morgan fingerprint density at radius 1 is 1.50 bits per heavy atom. The summed E-state index contributed by atoms with van der Waals surface area (Å²) in [6.07, 6.45) is 11.9. The summed E-state index contributed by atoms with van der Waals surface area (Å²) in [6, 6.07) is 0.395. The van der Waals surface area contributed by atoms with Gasteiger partial charge in [0.15, 0.2) is 0 Å². The maximum Gasteiger partial charge on any atom is 0.243 e. The van der Waals surface area contributed by atoms with Crippen LogP contribution >= 0.6 is 0 Å². The molecule has 0 heterocycles. The zero-order valence-corrected chi connectivity index (χ0v) is 8.46. The van der Waals surface area contributed by atoms with Crippen molar-refractivity contribution in [1.82, 2.24) is 5.32 Å². The summed E-state index contributed by atoms with van der Waals surface area (Å²) < 4.78 is 0. The molecule has 0 bridgehead atoms. The van der Waals surface area contributed by atoms with Gasteiger partial charge in [0.1, 0.15) is 0 Å². The van der Waals surface area contributed by atoms with E-state index in [1.54, 1.807) is 0 Å². The van der Waals surface area contributed by atoms with Crippen molar-refractivity contribution in [2.24, 2.45) is 5.41 Å². The lowest BCUT2D eigenvalue weighted by atomic mass is 9.60. The van der Waals surface area contributed by atoms with Crippen molar-refractivity contribution < 1.29 is 4.79 Å². The van der Waals surface area contributed by atoms with Gasteiger partial charge in [0.05, 0.1) is 0 Å². The fourth-order valence-corrected chi connectivity index (χ4v) is 2.66. The van der Waals surface area contributed by atoms with Crippen molar-refractivity contribution in [3.8, 4) is 0 Å². The van der Waals surface area contributed by atoms with Crippen molar-refractivity contribution in [2.75, 3.05) is 0 Å². The minimum Gasteiger partial charge on any atom is -0.350 e. The lowest BCUT2D eigenvalue weighted by Gasteiger charge is -2.49. The van der Waals surface area contributed by atoms with Gasteiger partial charge in [-0.05, 0) is 43.6 Å². The van der Waals surface area contributed by atoms with Gasteiger partial charge in [-0.15, -0.1) is 0 Å². The van der Waals surface area contributed by atoms with Gasteiger partial charge in [-0.2, -0.15) is 0 Å². The lowest BCUT2D eigenvalue weighted by Crippen LogP contribution is -2.50. The van der Waals surface area contributed by atoms with Crippen molar-refractivity contribution in [3.63, 3.8) is 0 Å². The Labute approximate surface area is 85.1 Å². The fourth-order valence-electron chi connectivity index (χ4n) is 2.66. The Morgan fingerprint density at radius 3 is 2.86 bits per heavy atom. The smallest absolute Gasteiger partial charge is 0.243 e. The first-order valence-electron chi connectivity index (χ1n) is 5.32. The monoisotopic (exact) mass is 191 g/mol. The van der Waals surface area contributed by atoms with Crippen LogP contribution in [0.4, 0.5) is 0 Å². The molecular weight excluding hydrogens is 174 g/mol. The average Bonchev–Trinajstić information content (AvgIpc) is 2.17. The van der Waals surface area contributed by atoms with Crippen LogP contribution in [0.5, 0.6) is 0 Å². The molecule has 0 saturated heterocycles. The Balaban J connectivity index is 1.81. The van der Waals surface area contributed by atoms with Gasteiger partial charge in [-0.25, -0.2) is 0 Å². The molecule has 1 N–H and O–H groups in total. The molecule has 2 rings (SSSR count). The third-order valence-corrected chi connectivity index (χ3v) is 3.45. The van der Waals surface area contributed by atoms with Crippen LogP contribution in [-0.2, 0) is 4.79 Å². The predicted molar refractivity (Wildman–Crippen MR) is 56.8 cm³/mol. The fraction of sp³-hybridized carbons (Fsp3) is 0.583. The quantitative estimate of drug-likeness (QED) is 0.526. The second kappa shape index (κ2) is 3.60. The Hall–Kier alpha value is -1.05. The SMILES string of the molecule is C=CC(=O)NC1CC2(CC=CCC2)C1. The number of hydrogen-bond donors (Lipinski definition) is 1. The molecule has 1 saturated carbocycles. The van der Waals surface area contributed by atoms with E-state index < -0.39 is 0 Å². The van der Waals surface area contributed by atoms with Gasteiger partial charge in [0, 0.05) is 6.04 Å². The summed E-state index contributed by atoms with van der Waals surface area (Å²) in [7, 11) is 0. The molecule has 14 heavy (non-hydrogen) atoms. The summed E-state index contributed by atoms with van der Waals surface area (Å²) >= 11 is 0. The number of carbonyl (C=O) groups is 1. The number of amides is 1. The van der Waals surface area contributed by atoms with Crippen molar-refractivity contribution in [3.05, 3.63) is 24.8 Å². The van der Waals surface area contributed by atoms with Crippen LogP contribution in [0.2, 0.25) is 0 Å². The van der Waals surface area contributed by atoms with E-state index in [4.69, 9.17) is 0 Å². The molecule has 1 spiro atoms. The summed E-state index contributed by atoms with van der Waals surface area (Å²) in [4.78, 5) is 11.0. The standard InChI is InChI=1S/C12H17NO/c1-2-11(14)13-10-8-12(9-10)6-4-3-5-7-12/h2-4,10H,1,5-9H2,(H,13,14). The minimum atomic E-state index is -0.0313. The normalized spacial score (nSPS) is 35.0. The number of hydrogen-bond acceptors (Lipinski definition) is 1. The van der Waals surface area contributed by atoms with E-state index in [1.165, 1.54) is 25.3 Å². The van der Waals surface area contributed by atoms with E-state index in [1.807, 2.05) is 0 Å².